The van der Waals surface area contributed by atoms with Gasteiger partial charge in [-0.25, -0.2) is 4.58 Å². The monoisotopic (exact) mass is 100 g/mol. The van der Waals surface area contributed by atoms with Crippen molar-refractivity contribution in [2.45, 2.75) is 6.92 Å². The second-order valence-electron chi connectivity index (χ2n) is 1.60. The minimum atomic E-state index is 0.869. The van der Waals surface area contributed by atoms with Gasteiger partial charge in [-0.15, -0.1) is 0 Å². The van der Waals surface area contributed by atoms with Crippen LogP contribution in [0, 0.1) is 0 Å². The minimum absolute atomic E-state index is 0.869. The quantitative estimate of drug-likeness (QED) is 0.425. The lowest BCUT2D eigenvalue weighted by Gasteiger charge is -1.82. The summed E-state index contributed by atoms with van der Waals surface area (Å²) in [5.74, 6) is 0. The van der Waals surface area contributed by atoms with Gasteiger partial charge in [0.15, 0.2) is 13.2 Å². The molecule has 1 aliphatic heterocycles. The van der Waals surface area contributed by atoms with Crippen LogP contribution in [0.3, 0.4) is 0 Å². The third-order valence-electron chi connectivity index (χ3n) is 1.13. The zero-order chi connectivity index (χ0) is 5.11. The summed E-state index contributed by atoms with van der Waals surface area (Å²) in [5.41, 5.74) is 0. The first kappa shape index (κ1) is 4.62. The highest BCUT2D eigenvalue weighted by atomic mass is 16.5. The Hall–Kier alpha value is -0.530. The predicted molar refractivity (Wildman–Crippen MR) is 27.7 cm³/mol. The zero-order valence-electron chi connectivity index (χ0n) is 4.55. The third-order valence-corrected chi connectivity index (χ3v) is 1.13. The van der Waals surface area contributed by atoms with E-state index in [0.29, 0.717) is 0 Å². The van der Waals surface area contributed by atoms with Crippen LogP contribution in [-0.2, 0) is 4.74 Å². The van der Waals surface area contributed by atoms with Crippen molar-refractivity contribution in [1.29, 1.82) is 0 Å². The molecule has 0 fully saturated rings. The summed E-state index contributed by atoms with van der Waals surface area (Å²) in [5, 5.41) is 0. The fourth-order valence-electron chi connectivity index (χ4n) is 0.613. The number of ether oxygens (including phenoxy) is 1. The van der Waals surface area contributed by atoms with Crippen molar-refractivity contribution >= 4 is 6.40 Å². The van der Waals surface area contributed by atoms with E-state index < -0.39 is 0 Å². The van der Waals surface area contributed by atoms with Gasteiger partial charge in [0.25, 0.3) is 0 Å². The Morgan fingerprint density at radius 3 is 3.00 bits per heavy atom. The molecule has 0 aromatic carbocycles. The third kappa shape index (κ3) is 0.918. The first-order valence-electron chi connectivity index (χ1n) is 2.62. The lowest BCUT2D eigenvalue weighted by atomic mass is 10.6. The smallest absolute Gasteiger partial charge is 0.324 e. The van der Waals surface area contributed by atoms with Gasteiger partial charge in [-0.3, -0.25) is 0 Å². The van der Waals surface area contributed by atoms with Gasteiger partial charge < -0.3 is 4.74 Å². The molecule has 0 aromatic heterocycles. The van der Waals surface area contributed by atoms with Crippen molar-refractivity contribution in [2.75, 3.05) is 19.7 Å². The van der Waals surface area contributed by atoms with E-state index in [-0.39, 0.29) is 0 Å². The molecule has 0 saturated carbocycles. The van der Waals surface area contributed by atoms with Crippen molar-refractivity contribution in [3.8, 4) is 0 Å². The number of likely N-dealkylation sites (N-methyl/N-ethyl adjacent to an activating group) is 1. The van der Waals surface area contributed by atoms with Crippen molar-refractivity contribution < 1.29 is 9.31 Å². The van der Waals surface area contributed by atoms with Crippen molar-refractivity contribution in [2.24, 2.45) is 0 Å². The van der Waals surface area contributed by atoms with E-state index in [1.54, 1.807) is 6.40 Å². The molecule has 0 unspecified atom stereocenters. The van der Waals surface area contributed by atoms with Gasteiger partial charge >= 0.3 is 6.40 Å². The largest absolute Gasteiger partial charge is 0.444 e. The highest BCUT2D eigenvalue weighted by Gasteiger charge is 2.06. The Kier molecular flexibility index (Phi) is 1.29. The summed E-state index contributed by atoms with van der Waals surface area (Å²) in [6.07, 6.45) is 1.79. The van der Waals surface area contributed by atoms with Gasteiger partial charge in [-0.2, -0.15) is 0 Å². The summed E-state index contributed by atoms with van der Waals surface area (Å²) in [6.45, 7) is 5.12. The average molecular weight is 100 g/mol. The van der Waals surface area contributed by atoms with Gasteiger partial charge in [0.05, 0.1) is 0 Å². The maximum atomic E-state index is 4.95. The summed E-state index contributed by atoms with van der Waals surface area (Å²) in [4.78, 5) is 0. The van der Waals surface area contributed by atoms with Crippen LogP contribution in [-0.4, -0.2) is 30.7 Å². The van der Waals surface area contributed by atoms with Crippen molar-refractivity contribution in [3.63, 3.8) is 0 Å². The zero-order valence-corrected chi connectivity index (χ0v) is 4.55. The van der Waals surface area contributed by atoms with Crippen LogP contribution in [0.2, 0.25) is 0 Å². The average Bonchev–Trinajstić information content (AvgIpc) is 2.14. The van der Waals surface area contributed by atoms with Gasteiger partial charge in [0.2, 0.25) is 0 Å². The Balaban J connectivity index is 2.36. The normalized spacial score (nSPS) is 18.7. The molecule has 7 heavy (non-hydrogen) atoms. The van der Waals surface area contributed by atoms with Crippen LogP contribution in [0.25, 0.3) is 0 Å². The molecule has 0 bridgehead atoms. The van der Waals surface area contributed by atoms with E-state index in [2.05, 4.69) is 11.5 Å². The Morgan fingerprint density at radius 1 is 1.86 bits per heavy atom. The summed E-state index contributed by atoms with van der Waals surface area (Å²) in [7, 11) is 0. The van der Waals surface area contributed by atoms with Crippen LogP contribution < -0.4 is 0 Å². The SMILES string of the molecule is CC[N+]1=COCC1. The second-order valence-corrected chi connectivity index (χ2v) is 1.60. The topological polar surface area (TPSA) is 12.2 Å². The fourth-order valence-corrected chi connectivity index (χ4v) is 0.613. The van der Waals surface area contributed by atoms with E-state index in [0.717, 1.165) is 19.7 Å². The maximum absolute atomic E-state index is 4.95. The first-order chi connectivity index (χ1) is 3.43. The summed E-state index contributed by atoms with van der Waals surface area (Å²) >= 11 is 0. The molecule has 2 nitrogen and oxygen atoms in total. The van der Waals surface area contributed by atoms with Crippen LogP contribution in [0.4, 0.5) is 0 Å². The van der Waals surface area contributed by atoms with E-state index in [9.17, 15) is 0 Å². The summed E-state index contributed by atoms with van der Waals surface area (Å²) in [6, 6.07) is 0. The molecule has 0 saturated heterocycles. The molecule has 0 amide bonds. The van der Waals surface area contributed by atoms with Crippen molar-refractivity contribution in [3.05, 3.63) is 0 Å². The van der Waals surface area contributed by atoms with Crippen LogP contribution in [0.5, 0.6) is 0 Å². The molecule has 1 rings (SSSR count). The van der Waals surface area contributed by atoms with Crippen LogP contribution in [0.1, 0.15) is 6.92 Å². The summed E-state index contributed by atoms with van der Waals surface area (Å²) < 4.78 is 7.09. The Labute approximate surface area is 43.4 Å². The number of hydrogen-bond donors (Lipinski definition) is 0. The van der Waals surface area contributed by atoms with Gasteiger partial charge in [0, 0.05) is 0 Å². The molecule has 0 atom stereocenters. The molecule has 40 valence electrons. The maximum Gasteiger partial charge on any atom is 0.324 e. The molecular formula is C5H10NO+. The molecule has 2 heteroatoms. The Morgan fingerprint density at radius 2 is 2.71 bits per heavy atom. The fraction of sp³-hybridized carbons (Fsp3) is 0.800. The number of nitrogens with zero attached hydrogens (tertiary/aromatic N) is 1. The predicted octanol–water partition coefficient (Wildman–Crippen LogP) is 0.0773. The van der Waals surface area contributed by atoms with Gasteiger partial charge in [-0.1, -0.05) is 0 Å². The Bertz CT molecular complexity index is 88.1. The van der Waals surface area contributed by atoms with Crippen molar-refractivity contribution in [1.82, 2.24) is 0 Å². The van der Waals surface area contributed by atoms with E-state index in [1.807, 2.05) is 0 Å². The lowest BCUT2D eigenvalue weighted by molar-refractivity contribution is -0.510. The lowest BCUT2D eigenvalue weighted by Crippen LogP contribution is -2.07. The molecular weight excluding hydrogens is 90.1 g/mol. The first-order valence-corrected chi connectivity index (χ1v) is 2.62. The van der Waals surface area contributed by atoms with Crippen LogP contribution >= 0.6 is 0 Å². The van der Waals surface area contributed by atoms with E-state index in [4.69, 9.17) is 4.74 Å². The number of rotatable bonds is 1. The molecule has 0 radical (unpaired) electrons. The molecule has 0 aromatic rings. The molecule has 0 N–H and O–H groups in total. The van der Waals surface area contributed by atoms with E-state index >= 15 is 0 Å². The molecule has 1 heterocycles. The number of hydrogen-bond acceptors (Lipinski definition) is 1. The van der Waals surface area contributed by atoms with Gasteiger partial charge in [0.1, 0.15) is 6.54 Å². The van der Waals surface area contributed by atoms with Gasteiger partial charge in [-0.05, 0) is 6.92 Å². The molecule has 0 aliphatic carbocycles. The standard InChI is InChI=1S/C5H10NO/c1-2-6-3-4-7-5-6/h5H,2-4H2,1H3/q+1. The second kappa shape index (κ2) is 1.96. The highest BCUT2D eigenvalue weighted by molar-refractivity contribution is 5.40. The molecule has 0 spiro atoms. The van der Waals surface area contributed by atoms with E-state index in [1.165, 1.54) is 0 Å². The molecule has 1 aliphatic rings. The highest BCUT2D eigenvalue weighted by Crippen LogP contribution is 1.83. The van der Waals surface area contributed by atoms with Crippen LogP contribution in [0.15, 0.2) is 0 Å². The minimum Gasteiger partial charge on any atom is -0.444 e.